The van der Waals surface area contributed by atoms with Gasteiger partial charge >= 0.3 is 0 Å². The lowest BCUT2D eigenvalue weighted by Gasteiger charge is -2.06. The average molecular weight is 624 g/mol. The third kappa shape index (κ3) is 5.44. The largest absolute Gasteiger partial charge is 0.0616 e. The molecule has 4 heteroatoms. The van der Waals surface area contributed by atoms with Crippen LogP contribution in [0.1, 0.15) is 0 Å². The van der Waals surface area contributed by atoms with Crippen LogP contribution in [0.2, 0.25) is 0 Å². The highest BCUT2D eigenvalue weighted by Gasteiger charge is 2.05. The molecule has 0 saturated heterocycles. The Morgan fingerprint density at radius 2 is 0.464 bits per heavy atom. The maximum absolute atomic E-state index is 3.55. The van der Waals surface area contributed by atoms with Gasteiger partial charge in [-0.15, -0.1) is 0 Å². The summed E-state index contributed by atoms with van der Waals surface area (Å²) in [5.41, 5.74) is 4.83. The fourth-order valence-electron chi connectivity index (χ4n) is 2.72. The molecule has 0 aliphatic heterocycles. The molecule has 140 valence electrons. The average Bonchev–Trinajstić information content (AvgIpc) is 2.71. The van der Waals surface area contributed by atoms with Gasteiger partial charge in [0.1, 0.15) is 0 Å². The summed E-state index contributed by atoms with van der Waals surface area (Å²) in [7, 11) is 0. The molecule has 4 aromatic rings. The van der Waals surface area contributed by atoms with E-state index >= 15 is 0 Å². The number of benzene rings is 4. The maximum atomic E-state index is 3.55. The molecular formula is C24H16Br4. The van der Waals surface area contributed by atoms with Crippen molar-refractivity contribution in [2.45, 2.75) is 0 Å². The lowest BCUT2D eigenvalue weighted by molar-refractivity contribution is 1.56. The molecule has 0 aromatic heterocycles. The van der Waals surface area contributed by atoms with Gasteiger partial charge in [0.25, 0.3) is 0 Å². The van der Waals surface area contributed by atoms with E-state index in [-0.39, 0.29) is 0 Å². The summed E-state index contributed by atoms with van der Waals surface area (Å²) in [5.74, 6) is 0. The number of hydrogen-bond donors (Lipinski definition) is 0. The molecule has 0 aliphatic rings. The monoisotopic (exact) mass is 620 g/mol. The third-order valence-electron chi connectivity index (χ3n) is 4.08. The van der Waals surface area contributed by atoms with Crippen LogP contribution in [0.15, 0.2) is 115 Å². The summed E-state index contributed by atoms with van der Waals surface area (Å²) in [5, 5.41) is 0. The first-order valence-corrected chi connectivity index (χ1v) is 11.7. The fraction of sp³-hybridized carbons (Fsp3) is 0. The molecule has 0 saturated carbocycles. The zero-order chi connectivity index (χ0) is 19.9. The summed E-state index contributed by atoms with van der Waals surface area (Å²) < 4.78 is 4.47. The Hall–Kier alpha value is -1.20. The second kappa shape index (κ2) is 10.5. The Bertz CT molecular complexity index is 899. The minimum absolute atomic E-state index is 1.12. The molecule has 0 nitrogen and oxygen atoms in total. The molecule has 28 heavy (non-hydrogen) atoms. The molecule has 0 amide bonds. The first-order valence-electron chi connectivity index (χ1n) is 8.57. The fourth-order valence-corrected chi connectivity index (χ4v) is 4.71. The van der Waals surface area contributed by atoms with E-state index in [0.29, 0.717) is 0 Å². The van der Waals surface area contributed by atoms with Crippen molar-refractivity contribution in [3.8, 4) is 22.3 Å². The van der Waals surface area contributed by atoms with Gasteiger partial charge in [-0.05, 0) is 46.5 Å². The van der Waals surface area contributed by atoms with Crippen LogP contribution < -0.4 is 0 Å². The molecule has 0 radical (unpaired) electrons. The van der Waals surface area contributed by atoms with Crippen molar-refractivity contribution in [3.63, 3.8) is 0 Å². The lowest BCUT2D eigenvalue weighted by atomic mass is 10.1. The molecule has 0 atom stereocenters. The molecule has 0 aliphatic carbocycles. The molecular weight excluding hydrogens is 608 g/mol. The third-order valence-corrected chi connectivity index (χ3v) is 6.84. The van der Waals surface area contributed by atoms with E-state index in [1.165, 1.54) is 22.3 Å². The standard InChI is InChI=1S/2C12H8Br2/c2*13-11-7-3-1-5-9(11)10-6-2-4-8-12(10)14/h2*1-8H. The van der Waals surface area contributed by atoms with Gasteiger partial charge in [0.15, 0.2) is 0 Å². The van der Waals surface area contributed by atoms with Crippen molar-refractivity contribution in [2.75, 3.05) is 0 Å². The van der Waals surface area contributed by atoms with E-state index in [9.17, 15) is 0 Å². The van der Waals surface area contributed by atoms with Crippen LogP contribution in [0.3, 0.4) is 0 Å². The Labute approximate surface area is 199 Å². The molecule has 0 heterocycles. The van der Waals surface area contributed by atoms with Gasteiger partial charge in [-0.25, -0.2) is 0 Å². The molecule has 0 spiro atoms. The summed E-state index contributed by atoms with van der Waals surface area (Å²) in [6.45, 7) is 0. The van der Waals surface area contributed by atoms with Crippen molar-refractivity contribution in [3.05, 3.63) is 115 Å². The number of hydrogen-bond acceptors (Lipinski definition) is 0. The van der Waals surface area contributed by atoms with Crippen molar-refractivity contribution in [1.29, 1.82) is 0 Å². The molecule has 0 unspecified atom stereocenters. The van der Waals surface area contributed by atoms with E-state index in [1.54, 1.807) is 0 Å². The quantitative estimate of drug-likeness (QED) is 0.209. The van der Waals surface area contributed by atoms with E-state index in [2.05, 4.69) is 112 Å². The Morgan fingerprint density at radius 1 is 0.286 bits per heavy atom. The van der Waals surface area contributed by atoms with Gasteiger partial charge in [0.05, 0.1) is 0 Å². The normalized spacial score (nSPS) is 10.1. The van der Waals surface area contributed by atoms with Gasteiger partial charge in [-0.3, -0.25) is 0 Å². The minimum Gasteiger partial charge on any atom is -0.0616 e. The topological polar surface area (TPSA) is 0 Å². The smallest absolute Gasteiger partial charge is 0.0254 e. The first kappa shape index (κ1) is 21.5. The van der Waals surface area contributed by atoms with Gasteiger partial charge in [-0.1, -0.05) is 137 Å². The van der Waals surface area contributed by atoms with Crippen LogP contribution in [0.5, 0.6) is 0 Å². The molecule has 0 fully saturated rings. The van der Waals surface area contributed by atoms with Crippen LogP contribution in [-0.4, -0.2) is 0 Å². The Balaban J connectivity index is 0.000000161. The SMILES string of the molecule is Brc1ccccc1-c1ccccc1Br.Brc1ccccc1-c1ccccc1Br. The zero-order valence-corrected chi connectivity index (χ0v) is 21.1. The predicted octanol–water partition coefficient (Wildman–Crippen LogP) is 9.76. The van der Waals surface area contributed by atoms with Gasteiger partial charge in [0.2, 0.25) is 0 Å². The lowest BCUT2D eigenvalue weighted by Crippen LogP contribution is -1.80. The maximum Gasteiger partial charge on any atom is 0.0254 e. The second-order valence-corrected chi connectivity index (χ2v) is 9.34. The van der Waals surface area contributed by atoms with Crippen LogP contribution >= 0.6 is 63.7 Å². The van der Waals surface area contributed by atoms with Crippen molar-refractivity contribution in [1.82, 2.24) is 0 Å². The highest BCUT2D eigenvalue weighted by atomic mass is 79.9. The predicted molar refractivity (Wildman–Crippen MR) is 135 cm³/mol. The first-order chi connectivity index (χ1) is 13.6. The zero-order valence-electron chi connectivity index (χ0n) is 14.7. The molecule has 4 aromatic carbocycles. The molecule has 0 bridgehead atoms. The summed E-state index contributed by atoms with van der Waals surface area (Å²) in [4.78, 5) is 0. The van der Waals surface area contributed by atoms with E-state index < -0.39 is 0 Å². The number of halogens is 4. The van der Waals surface area contributed by atoms with Gasteiger partial charge in [-0.2, -0.15) is 0 Å². The number of rotatable bonds is 2. The summed E-state index contributed by atoms with van der Waals surface area (Å²) >= 11 is 14.2. The van der Waals surface area contributed by atoms with Crippen LogP contribution in [0, 0.1) is 0 Å². The van der Waals surface area contributed by atoms with Crippen molar-refractivity contribution >= 4 is 63.7 Å². The van der Waals surface area contributed by atoms with Crippen molar-refractivity contribution in [2.24, 2.45) is 0 Å². The minimum atomic E-state index is 1.12. The highest BCUT2D eigenvalue weighted by Crippen LogP contribution is 2.34. The van der Waals surface area contributed by atoms with E-state index in [4.69, 9.17) is 0 Å². The van der Waals surface area contributed by atoms with Gasteiger partial charge in [0, 0.05) is 17.9 Å². The second-order valence-electron chi connectivity index (χ2n) is 5.92. The summed E-state index contributed by atoms with van der Waals surface area (Å²) in [6, 6.07) is 32.8. The van der Waals surface area contributed by atoms with Crippen LogP contribution in [-0.2, 0) is 0 Å². The van der Waals surface area contributed by atoms with E-state index in [0.717, 1.165) is 17.9 Å². The van der Waals surface area contributed by atoms with Gasteiger partial charge < -0.3 is 0 Å². The molecule has 0 N–H and O–H groups in total. The van der Waals surface area contributed by atoms with E-state index in [1.807, 2.05) is 48.5 Å². The highest BCUT2D eigenvalue weighted by molar-refractivity contribution is 9.11. The van der Waals surface area contributed by atoms with Crippen LogP contribution in [0.4, 0.5) is 0 Å². The van der Waals surface area contributed by atoms with Crippen LogP contribution in [0.25, 0.3) is 22.3 Å². The van der Waals surface area contributed by atoms with Crippen molar-refractivity contribution < 1.29 is 0 Å². The molecule has 4 rings (SSSR count). The Kier molecular flexibility index (Phi) is 8.10. The Morgan fingerprint density at radius 3 is 0.643 bits per heavy atom. The summed E-state index contributed by atoms with van der Waals surface area (Å²) in [6.07, 6.45) is 0.